The molecule has 0 radical (unpaired) electrons. The van der Waals surface area contributed by atoms with Gasteiger partial charge in [-0.3, -0.25) is 13.9 Å². The highest BCUT2D eigenvalue weighted by Crippen LogP contribution is 2.25. The predicted molar refractivity (Wildman–Crippen MR) is 148 cm³/mol. The van der Waals surface area contributed by atoms with Crippen LogP contribution in [-0.2, 0) is 32.6 Å². The van der Waals surface area contributed by atoms with E-state index in [2.05, 4.69) is 5.32 Å². The van der Waals surface area contributed by atoms with Gasteiger partial charge in [-0.2, -0.15) is 0 Å². The molecule has 0 unspecified atom stereocenters. The molecule has 0 bridgehead atoms. The molecule has 0 spiro atoms. The lowest BCUT2D eigenvalue weighted by molar-refractivity contribution is -0.139. The van der Waals surface area contributed by atoms with Crippen molar-refractivity contribution in [2.75, 3.05) is 24.2 Å². The number of carbonyl (C=O) groups excluding carboxylic acids is 2. The van der Waals surface area contributed by atoms with Crippen molar-refractivity contribution in [3.8, 4) is 0 Å². The molecule has 1 N–H and O–H groups in total. The standard InChI is InChI=1S/C28H32ClN3O4S/c1-20-10-13-23(14-11-20)18-31(26(28(34)30-3)16-22-8-6-5-7-9-22)27(33)19-32(37(4,35)36)24-15-12-21(2)25(29)17-24/h5-15,17,26H,16,18-19H2,1-4H3,(H,30,34)/t26-/m0/s1. The van der Waals surface area contributed by atoms with E-state index >= 15 is 0 Å². The first kappa shape index (κ1) is 28.2. The summed E-state index contributed by atoms with van der Waals surface area (Å²) in [6, 6.07) is 21.0. The zero-order valence-corrected chi connectivity index (χ0v) is 23.0. The van der Waals surface area contributed by atoms with Crippen molar-refractivity contribution in [1.29, 1.82) is 0 Å². The molecule has 0 aromatic heterocycles. The molecule has 0 saturated carbocycles. The van der Waals surface area contributed by atoms with E-state index in [1.54, 1.807) is 12.1 Å². The minimum Gasteiger partial charge on any atom is -0.357 e. The van der Waals surface area contributed by atoms with Crippen LogP contribution in [0.1, 0.15) is 22.3 Å². The Bertz CT molecular complexity index is 1350. The highest BCUT2D eigenvalue weighted by atomic mass is 35.5. The first-order valence-electron chi connectivity index (χ1n) is 11.8. The Hall–Kier alpha value is -3.36. The van der Waals surface area contributed by atoms with Gasteiger partial charge in [-0.05, 0) is 42.7 Å². The molecule has 0 saturated heterocycles. The lowest BCUT2D eigenvalue weighted by Crippen LogP contribution is -2.52. The summed E-state index contributed by atoms with van der Waals surface area (Å²) in [6.07, 6.45) is 1.31. The Kier molecular flexibility index (Phi) is 9.34. The fourth-order valence-electron chi connectivity index (χ4n) is 3.96. The SMILES string of the molecule is CNC(=O)[C@H](Cc1ccccc1)N(Cc1ccc(C)cc1)C(=O)CN(c1ccc(C)c(Cl)c1)S(C)(=O)=O. The largest absolute Gasteiger partial charge is 0.357 e. The van der Waals surface area contributed by atoms with Crippen LogP contribution >= 0.6 is 11.6 Å². The average Bonchev–Trinajstić information content (AvgIpc) is 2.87. The second-order valence-electron chi connectivity index (χ2n) is 9.03. The van der Waals surface area contributed by atoms with E-state index in [4.69, 9.17) is 11.6 Å². The first-order valence-corrected chi connectivity index (χ1v) is 14.1. The zero-order valence-electron chi connectivity index (χ0n) is 21.4. The van der Waals surface area contributed by atoms with Gasteiger partial charge in [0.05, 0.1) is 11.9 Å². The minimum absolute atomic E-state index is 0.135. The number of nitrogens with zero attached hydrogens (tertiary/aromatic N) is 2. The fraction of sp³-hybridized carbons (Fsp3) is 0.286. The van der Waals surface area contributed by atoms with Crippen LogP contribution in [0, 0.1) is 13.8 Å². The Labute approximate surface area is 224 Å². The lowest BCUT2D eigenvalue weighted by atomic mass is 10.0. The van der Waals surface area contributed by atoms with Gasteiger partial charge < -0.3 is 10.2 Å². The Morgan fingerprint density at radius 3 is 2.16 bits per heavy atom. The van der Waals surface area contributed by atoms with Crippen LogP contribution in [0.2, 0.25) is 5.02 Å². The van der Waals surface area contributed by atoms with Crippen LogP contribution in [0.4, 0.5) is 5.69 Å². The van der Waals surface area contributed by atoms with E-state index in [1.807, 2.05) is 68.4 Å². The van der Waals surface area contributed by atoms with Gasteiger partial charge in [0.2, 0.25) is 21.8 Å². The van der Waals surface area contributed by atoms with Gasteiger partial charge in [0.1, 0.15) is 12.6 Å². The molecule has 3 rings (SSSR count). The monoisotopic (exact) mass is 541 g/mol. The molecule has 0 aliphatic carbocycles. The van der Waals surface area contributed by atoms with E-state index in [0.717, 1.165) is 32.8 Å². The van der Waals surface area contributed by atoms with E-state index in [-0.39, 0.29) is 24.6 Å². The molecule has 37 heavy (non-hydrogen) atoms. The van der Waals surface area contributed by atoms with Crippen molar-refractivity contribution in [2.24, 2.45) is 0 Å². The summed E-state index contributed by atoms with van der Waals surface area (Å²) in [6.45, 7) is 3.43. The molecule has 3 aromatic rings. The maximum absolute atomic E-state index is 13.9. The third kappa shape index (κ3) is 7.57. The number of hydrogen-bond acceptors (Lipinski definition) is 4. The average molecular weight is 542 g/mol. The van der Waals surface area contributed by atoms with E-state index in [9.17, 15) is 18.0 Å². The topological polar surface area (TPSA) is 86.8 Å². The summed E-state index contributed by atoms with van der Waals surface area (Å²) in [5, 5.41) is 3.05. The minimum atomic E-state index is -3.84. The van der Waals surface area contributed by atoms with Gasteiger partial charge in [0.25, 0.3) is 0 Å². The molecular formula is C28H32ClN3O4S. The molecule has 9 heteroatoms. The van der Waals surface area contributed by atoms with Crippen LogP contribution < -0.4 is 9.62 Å². The van der Waals surface area contributed by atoms with Crippen LogP contribution in [0.3, 0.4) is 0 Å². The van der Waals surface area contributed by atoms with Gasteiger partial charge in [-0.25, -0.2) is 8.42 Å². The Morgan fingerprint density at radius 1 is 0.946 bits per heavy atom. The number of rotatable bonds is 10. The van der Waals surface area contributed by atoms with Crippen molar-refractivity contribution in [1.82, 2.24) is 10.2 Å². The van der Waals surface area contributed by atoms with Gasteiger partial charge in [-0.15, -0.1) is 0 Å². The second-order valence-corrected chi connectivity index (χ2v) is 11.3. The van der Waals surface area contributed by atoms with Crippen molar-refractivity contribution >= 4 is 39.1 Å². The number of sulfonamides is 1. The maximum Gasteiger partial charge on any atom is 0.244 e. The molecule has 2 amide bonds. The lowest BCUT2D eigenvalue weighted by Gasteiger charge is -2.33. The highest BCUT2D eigenvalue weighted by Gasteiger charge is 2.32. The molecule has 0 aliphatic rings. The summed E-state index contributed by atoms with van der Waals surface area (Å²) >= 11 is 6.26. The summed E-state index contributed by atoms with van der Waals surface area (Å²) in [5.41, 5.74) is 3.83. The second kappa shape index (κ2) is 12.3. The van der Waals surface area contributed by atoms with Crippen molar-refractivity contribution in [2.45, 2.75) is 32.9 Å². The molecule has 7 nitrogen and oxygen atoms in total. The third-order valence-corrected chi connectivity index (χ3v) is 7.66. The van der Waals surface area contributed by atoms with E-state index in [1.165, 1.54) is 18.0 Å². The van der Waals surface area contributed by atoms with Gasteiger partial charge in [-0.1, -0.05) is 77.8 Å². The van der Waals surface area contributed by atoms with Gasteiger partial charge >= 0.3 is 0 Å². The zero-order chi connectivity index (χ0) is 27.2. The molecular weight excluding hydrogens is 510 g/mol. The van der Waals surface area contributed by atoms with Crippen molar-refractivity contribution in [3.05, 3.63) is 100 Å². The van der Waals surface area contributed by atoms with Crippen molar-refractivity contribution < 1.29 is 18.0 Å². The Morgan fingerprint density at radius 2 is 1.59 bits per heavy atom. The molecule has 0 aliphatic heterocycles. The van der Waals surface area contributed by atoms with Crippen LogP contribution in [0.15, 0.2) is 72.8 Å². The molecule has 0 fully saturated rings. The van der Waals surface area contributed by atoms with Crippen LogP contribution in [-0.4, -0.2) is 51.0 Å². The van der Waals surface area contributed by atoms with Crippen LogP contribution in [0.25, 0.3) is 0 Å². The third-order valence-electron chi connectivity index (χ3n) is 6.11. The summed E-state index contributed by atoms with van der Waals surface area (Å²) in [4.78, 5) is 28.4. The predicted octanol–water partition coefficient (Wildman–Crippen LogP) is 4.11. The maximum atomic E-state index is 13.9. The number of nitrogens with one attached hydrogen (secondary N) is 1. The highest BCUT2D eigenvalue weighted by molar-refractivity contribution is 7.92. The number of aryl methyl sites for hydroxylation is 2. The molecule has 0 heterocycles. The molecule has 3 aromatic carbocycles. The number of benzene rings is 3. The quantitative estimate of drug-likeness (QED) is 0.418. The first-order chi connectivity index (χ1) is 17.5. The molecule has 1 atom stereocenters. The van der Waals surface area contributed by atoms with Crippen LogP contribution in [0.5, 0.6) is 0 Å². The Balaban J connectivity index is 2.03. The number of anilines is 1. The normalized spacial score (nSPS) is 12.0. The number of hydrogen-bond donors (Lipinski definition) is 1. The number of halogens is 1. The smallest absolute Gasteiger partial charge is 0.244 e. The van der Waals surface area contributed by atoms with E-state index in [0.29, 0.717) is 5.02 Å². The molecule has 196 valence electrons. The number of likely N-dealkylation sites (N-methyl/N-ethyl adjacent to an activating group) is 1. The van der Waals surface area contributed by atoms with Gasteiger partial charge in [0.15, 0.2) is 0 Å². The fourth-order valence-corrected chi connectivity index (χ4v) is 4.98. The van der Waals surface area contributed by atoms with Crippen molar-refractivity contribution in [3.63, 3.8) is 0 Å². The van der Waals surface area contributed by atoms with Gasteiger partial charge in [0, 0.05) is 25.0 Å². The summed E-state index contributed by atoms with van der Waals surface area (Å²) in [7, 11) is -2.32. The summed E-state index contributed by atoms with van der Waals surface area (Å²) < 4.78 is 26.6. The number of amides is 2. The summed E-state index contributed by atoms with van der Waals surface area (Å²) in [5.74, 6) is -0.846. The number of carbonyl (C=O) groups is 2. The van der Waals surface area contributed by atoms with E-state index < -0.39 is 28.5 Å².